The van der Waals surface area contributed by atoms with Crippen molar-refractivity contribution < 1.29 is 23.1 Å². The van der Waals surface area contributed by atoms with Gasteiger partial charge in [0.1, 0.15) is 10.6 Å². The maximum atomic E-state index is 12.5. The van der Waals surface area contributed by atoms with E-state index < -0.39 is 20.6 Å². The summed E-state index contributed by atoms with van der Waals surface area (Å²) in [6, 6.07) is 8.39. The minimum atomic E-state index is -3.32. The van der Waals surface area contributed by atoms with Gasteiger partial charge in [-0.3, -0.25) is 0 Å². The molecule has 1 aliphatic carbocycles. The highest BCUT2D eigenvalue weighted by molar-refractivity contribution is 7.91. The second kappa shape index (κ2) is 9.00. The molecule has 1 aromatic carbocycles. The number of aliphatic hydroxyl groups excluding tert-OH is 1. The van der Waals surface area contributed by atoms with Crippen LogP contribution in [0.3, 0.4) is 0 Å². The number of nitrogens with one attached hydrogen (secondary N) is 2. The largest absolute Gasteiger partial charge is 0.395 e. The van der Waals surface area contributed by atoms with Crippen molar-refractivity contribution in [2.24, 2.45) is 0 Å². The van der Waals surface area contributed by atoms with Gasteiger partial charge in [0.05, 0.1) is 25.5 Å². The molecule has 4 rings (SSSR count). The van der Waals surface area contributed by atoms with Crippen LogP contribution in [0.5, 0.6) is 0 Å². The molecule has 2 aromatic rings. The van der Waals surface area contributed by atoms with E-state index in [0.717, 1.165) is 0 Å². The van der Waals surface area contributed by atoms with Crippen molar-refractivity contribution in [3.63, 3.8) is 0 Å². The third-order valence-electron chi connectivity index (χ3n) is 5.73. The quantitative estimate of drug-likeness (QED) is 0.559. The lowest BCUT2D eigenvalue weighted by Crippen LogP contribution is -2.37. The summed E-state index contributed by atoms with van der Waals surface area (Å²) < 4.78 is 29.5. The third kappa shape index (κ3) is 4.69. The zero-order chi connectivity index (χ0) is 22.8. The number of urea groups is 1. The molecule has 11 heteroatoms. The highest BCUT2D eigenvalue weighted by Crippen LogP contribution is 2.52. The minimum absolute atomic E-state index is 0.138. The number of sulfone groups is 1. The van der Waals surface area contributed by atoms with Crippen LogP contribution in [-0.4, -0.2) is 75.2 Å². The topological polar surface area (TPSA) is 134 Å². The molecule has 32 heavy (non-hydrogen) atoms. The lowest BCUT2D eigenvalue weighted by molar-refractivity contribution is 0.122. The summed E-state index contributed by atoms with van der Waals surface area (Å²) in [6.07, 6.45) is 2.37. The van der Waals surface area contributed by atoms with E-state index in [9.17, 15) is 13.2 Å². The van der Waals surface area contributed by atoms with Crippen LogP contribution in [0.4, 0.5) is 16.3 Å². The van der Waals surface area contributed by atoms with Crippen molar-refractivity contribution >= 4 is 27.4 Å². The Morgan fingerprint density at radius 3 is 2.47 bits per heavy atom. The van der Waals surface area contributed by atoms with Gasteiger partial charge >= 0.3 is 6.03 Å². The summed E-state index contributed by atoms with van der Waals surface area (Å²) >= 11 is 0. The van der Waals surface area contributed by atoms with Crippen molar-refractivity contribution in [1.29, 1.82) is 0 Å². The summed E-state index contributed by atoms with van der Waals surface area (Å²) in [5.41, 5.74) is 1.81. The van der Waals surface area contributed by atoms with Gasteiger partial charge in [0.25, 0.3) is 0 Å². The SMILES string of the molecule is CS(=O)(=O)C1(c2cc(N3CCOCC3)nc(-c3ccc(NC(=O)NCCO)cc3)n2)CC1. The second-order valence-electron chi connectivity index (χ2n) is 7.98. The average molecular weight is 462 g/mol. The molecule has 0 unspecified atom stereocenters. The lowest BCUT2D eigenvalue weighted by atomic mass is 10.1. The van der Waals surface area contributed by atoms with Crippen LogP contribution in [0.15, 0.2) is 30.3 Å². The fourth-order valence-corrected chi connectivity index (χ4v) is 5.06. The number of carbonyl (C=O) groups excluding carboxylic acids is 1. The summed E-state index contributed by atoms with van der Waals surface area (Å²) in [4.78, 5) is 23.2. The summed E-state index contributed by atoms with van der Waals surface area (Å²) in [7, 11) is -3.32. The van der Waals surface area contributed by atoms with Gasteiger partial charge in [-0.15, -0.1) is 0 Å². The number of morpholine rings is 1. The Morgan fingerprint density at radius 2 is 1.88 bits per heavy atom. The first-order valence-corrected chi connectivity index (χ1v) is 12.4. The normalized spacial score (nSPS) is 17.6. The molecule has 1 saturated carbocycles. The number of hydrogen-bond acceptors (Lipinski definition) is 8. The van der Waals surface area contributed by atoms with Gasteiger partial charge in [-0.1, -0.05) is 0 Å². The molecule has 1 saturated heterocycles. The summed E-state index contributed by atoms with van der Waals surface area (Å²) in [6.45, 7) is 2.55. The predicted octanol–water partition coefficient (Wildman–Crippen LogP) is 1.13. The number of anilines is 2. The maximum absolute atomic E-state index is 12.5. The van der Waals surface area contributed by atoms with E-state index in [1.165, 1.54) is 6.26 Å². The monoisotopic (exact) mass is 461 g/mol. The lowest BCUT2D eigenvalue weighted by Gasteiger charge is -2.29. The Kier molecular flexibility index (Phi) is 6.31. The van der Waals surface area contributed by atoms with E-state index in [4.69, 9.17) is 14.8 Å². The van der Waals surface area contributed by atoms with E-state index in [1.807, 2.05) is 0 Å². The number of amides is 2. The van der Waals surface area contributed by atoms with Crippen molar-refractivity contribution in [1.82, 2.24) is 15.3 Å². The van der Waals surface area contributed by atoms with E-state index in [2.05, 4.69) is 20.5 Å². The predicted molar refractivity (Wildman–Crippen MR) is 120 cm³/mol. The molecular formula is C21H27N5O5S. The molecule has 0 bridgehead atoms. The van der Waals surface area contributed by atoms with Gasteiger partial charge in [-0.2, -0.15) is 0 Å². The summed E-state index contributed by atoms with van der Waals surface area (Å²) in [5.74, 6) is 1.13. The average Bonchev–Trinajstić information content (AvgIpc) is 3.61. The van der Waals surface area contributed by atoms with Crippen molar-refractivity contribution in [2.75, 3.05) is 55.9 Å². The zero-order valence-electron chi connectivity index (χ0n) is 17.9. The fourth-order valence-electron chi connectivity index (χ4n) is 3.73. The Bertz CT molecular complexity index is 1080. The number of hydrogen-bond donors (Lipinski definition) is 3. The van der Waals surface area contributed by atoms with Gasteiger partial charge in [0, 0.05) is 43.2 Å². The van der Waals surface area contributed by atoms with Crippen molar-refractivity contribution in [2.45, 2.75) is 17.6 Å². The van der Waals surface area contributed by atoms with Crippen LogP contribution in [0.2, 0.25) is 0 Å². The molecule has 2 fully saturated rings. The molecule has 2 heterocycles. The minimum Gasteiger partial charge on any atom is -0.395 e. The molecule has 3 N–H and O–H groups in total. The number of nitrogens with zero attached hydrogens (tertiary/aromatic N) is 3. The molecule has 0 spiro atoms. The maximum Gasteiger partial charge on any atom is 0.319 e. The van der Waals surface area contributed by atoms with Crippen molar-refractivity contribution in [3.8, 4) is 11.4 Å². The van der Waals surface area contributed by atoms with Gasteiger partial charge < -0.3 is 25.4 Å². The summed E-state index contributed by atoms with van der Waals surface area (Å²) in [5, 5.41) is 14.0. The Hall–Kier alpha value is -2.76. The number of benzene rings is 1. The van der Waals surface area contributed by atoms with E-state index in [1.54, 1.807) is 30.3 Å². The smallest absolute Gasteiger partial charge is 0.319 e. The first kappa shape index (κ1) is 22.4. The Labute approximate surface area is 186 Å². The molecule has 2 amide bonds. The molecule has 10 nitrogen and oxygen atoms in total. The molecule has 2 aliphatic rings. The standard InChI is InChI=1S/C21H27N5O5S/c1-32(29,30)21(6-7-21)17-14-18(26-9-12-31-13-10-26)25-19(24-17)15-2-4-16(5-3-15)23-20(28)22-8-11-27/h2-5,14,27H,6-13H2,1H3,(H2,22,23,28). The molecule has 1 aliphatic heterocycles. The molecule has 0 radical (unpaired) electrons. The number of aromatic nitrogens is 2. The number of aliphatic hydroxyl groups is 1. The van der Waals surface area contributed by atoms with Gasteiger partial charge in [0.2, 0.25) is 0 Å². The fraction of sp³-hybridized carbons (Fsp3) is 0.476. The van der Waals surface area contributed by atoms with Crippen LogP contribution in [0, 0.1) is 0 Å². The number of rotatable bonds is 7. The van der Waals surface area contributed by atoms with E-state index >= 15 is 0 Å². The molecule has 1 aromatic heterocycles. The molecule has 0 atom stereocenters. The third-order valence-corrected chi connectivity index (χ3v) is 7.76. The first-order valence-electron chi connectivity index (χ1n) is 10.5. The first-order chi connectivity index (χ1) is 15.3. The van der Waals surface area contributed by atoms with Gasteiger partial charge in [0.15, 0.2) is 15.7 Å². The molecule has 172 valence electrons. The Morgan fingerprint density at radius 1 is 1.19 bits per heavy atom. The van der Waals surface area contributed by atoms with Crippen LogP contribution < -0.4 is 15.5 Å². The highest BCUT2D eigenvalue weighted by Gasteiger charge is 2.55. The number of ether oxygens (including phenoxy) is 1. The van der Waals surface area contributed by atoms with Crippen LogP contribution in [0.1, 0.15) is 18.5 Å². The Balaban J connectivity index is 1.65. The van der Waals surface area contributed by atoms with Crippen molar-refractivity contribution in [3.05, 3.63) is 36.0 Å². The zero-order valence-corrected chi connectivity index (χ0v) is 18.7. The van der Waals surface area contributed by atoms with Gasteiger partial charge in [-0.25, -0.2) is 23.2 Å². The van der Waals surface area contributed by atoms with E-state index in [-0.39, 0.29) is 13.2 Å². The van der Waals surface area contributed by atoms with Crippen LogP contribution in [0.25, 0.3) is 11.4 Å². The number of carbonyl (C=O) groups is 1. The molecular weight excluding hydrogens is 434 g/mol. The second-order valence-corrected chi connectivity index (χ2v) is 10.3. The van der Waals surface area contributed by atoms with E-state index in [0.29, 0.717) is 67.7 Å². The van der Waals surface area contributed by atoms with Gasteiger partial charge in [-0.05, 0) is 37.1 Å². The van der Waals surface area contributed by atoms with Crippen LogP contribution >= 0.6 is 0 Å². The highest BCUT2D eigenvalue weighted by atomic mass is 32.2. The van der Waals surface area contributed by atoms with Crippen LogP contribution in [-0.2, 0) is 19.3 Å².